The predicted octanol–water partition coefficient (Wildman–Crippen LogP) is 1.65. The van der Waals surface area contributed by atoms with Crippen LogP contribution in [0.25, 0.3) is 0 Å². The first-order valence-electron chi connectivity index (χ1n) is 2.99. The molecule has 0 aliphatic rings. The summed E-state index contributed by atoms with van der Waals surface area (Å²) >= 11 is 0. The van der Waals surface area contributed by atoms with E-state index in [0.29, 0.717) is 6.42 Å². The molecule has 0 aromatic carbocycles. The summed E-state index contributed by atoms with van der Waals surface area (Å²) in [5.74, 6) is -0.682. The van der Waals surface area contributed by atoms with Gasteiger partial charge in [-0.15, -0.1) is 0 Å². The molecule has 0 saturated heterocycles. The number of carbonyl (C=O) groups is 1. The molecule has 0 aliphatic carbocycles. The minimum Gasteiger partial charge on any atom is -0.481 e. The van der Waals surface area contributed by atoms with Crippen LogP contribution < -0.4 is 0 Å². The molecule has 0 fully saturated rings. The molecule has 0 amide bonds. The second kappa shape index (κ2) is 4.62. The van der Waals surface area contributed by atoms with Crippen LogP contribution in [0.1, 0.15) is 32.6 Å². The first kappa shape index (κ1) is 7.47. The standard InChI is InChI=1S/C6H12O2/c1-2-3-4-5-6(7)8/h2-5H2,1H3,(H,7,8)/i6-1. The van der Waals surface area contributed by atoms with E-state index in [9.17, 15) is 4.79 Å². The SMILES string of the molecule is CCCCC[11C](=O)O. The number of unbranched alkanes of at least 4 members (excludes halogenated alkanes) is 2. The van der Waals surface area contributed by atoms with Crippen molar-refractivity contribution in [1.29, 1.82) is 0 Å². The van der Waals surface area contributed by atoms with Crippen molar-refractivity contribution >= 4 is 5.97 Å². The Morgan fingerprint density at radius 2 is 2.12 bits per heavy atom. The van der Waals surface area contributed by atoms with Gasteiger partial charge in [-0.1, -0.05) is 19.8 Å². The average Bonchev–Trinajstić information content (AvgIpc) is 1.66. The fraction of sp³-hybridized carbons (Fsp3) is 0.833. The van der Waals surface area contributed by atoms with E-state index in [0.717, 1.165) is 19.3 Å². The summed E-state index contributed by atoms with van der Waals surface area (Å²) in [6, 6.07) is 0. The molecule has 0 rings (SSSR count). The molecular formula is C6H12O2. The third-order valence-corrected chi connectivity index (χ3v) is 0.994. The highest BCUT2D eigenvalue weighted by molar-refractivity contribution is 5.66. The Hall–Kier alpha value is -0.530. The van der Waals surface area contributed by atoms with E-state index in [1.807, 2.05) is 0 Å². The minimum absolute atomic E-state index is 0.327. The average molecular weight is 115 g/mol. The lowest BCUT2D eigenvalue weighted by atomic mass is 9.98. The summed E-state index contributed by atoms with van der Waals surface area (Å²) < 4.78 is 0. The van der Waals surface area contributed by atoms with Crippen LogP contribution in [0.5, 0.6) is 0 Å². The van der Waals surface area contributed by atoms with Gasteiger partial charge in [0.2, 0.25) is 0 Å². The molecule has 0 radical (unpaired) electrons. The van der Waals surface area contributed by atoms with Gasteiger partial charge in [-0.2, -0.15) is 0 Å². The molecule has 48 valence electrons. The molecule has 0 unspecified atom stereocenters. The summed E-state index contributed by atoms with van der Waals surface area (Å²) in [6.07, 6.45) is 3.28. The number of aliphatic carboxylic acids is 1. The summed E-state index contributed by atoms with van der Waals surface area (Å²) in [5.41, 5.74) is 0. The number of hydrogen-bond acceptors (Lipinski definition) is 1. The van der Waals surface area contributed by atoms with Crippen LogP contribution >= 0.6 is 0 Å². The second-order valence-corrected chi connectivity index (χ2v) is 1.85. The minimum atomic E-state index is -0.682. The number of rotatable bonds is 4. The van der Waals surface area contributed by atoms with E-state index in [-0.39, 0.29) is 0 Å². The Labute approximate surface area is 49.5 Å². The van der Waals surface area contributed by atoms with Crippen LogP contribution in [-0.2, 0) is 4.79 Å². The second-order valence-electron chi connectivity index (χ2n) is 1.85. The van der Waals surface area contributed by atoms with Crippen molar-refractivity contribution < 1.29 is 9.90 Å². The third kappa shape index (κ3) is 5.47. The van der Waals surface area contributed by atoms with E-state index in [4.69, 9.17) is 5.11 Å². The molecule has 0 aromatic rings. The Morgan fingerprint density at radius 1 is 1.50 bits per heavy atom. The maximum Gasteiger partial charge on any atom is 0.303 e. The zero-order valence-electron chi connectivity index (χ0n) is 5.18. The van der Waals surface area contributed by atoms with Crippen molar-refractivity contribution in [1.82, 2.24) is 0 Å². The van der Waals surface area contributed by atoms with E-state index < -0.39 is 5.97 Å². The lowest BCUT2D eigenvalue weighted by Gasteiger charge is -1.89. The highest BCUT2D eigenvalue weighted by atomic mass is 16.3. The van der Waals surface area contributed by atoms with Crippen LogP contribution in [-0.4, -0.2) is 11.1 Å². The lowest BCUT2D eigenvalue weighted by Crippen LogP contribution is -1.92. The van der Waals surface area contributed by atoms with Crippen molar-refractivity contribution in [2.75, 3.05) is 0 Å². The zero-order valence-corrected chi connectivity index (χ0v) is 5.18. The van der Waals surface area contributed by atoms with Gasteiger partial charge in [0, 0.05) is 6.42 Å². The van der Waals surface area contributed by atoms with E-state index in [2.05, 4.69) is 6.92 Å². The fourth-order valence-corrected chi connectivity index (χ4v) is 0.526. The molecule has 2 nitrogen and oxygen atoms in total. The monoisotopic (exact) mass is 115 g/mol. The van der Waals surface area contributed by atoms with Gasteiger partial charge < -0.3 is 5.11 Å². The smallest absolute Gasteiger partial charge is 0.303 e. The molecule has 8 heavy (non-hydrogen) atoms. The van der Waals surface area contributed by atoms with Crippen molar-refractivity contribution in [3.8, 4) is 0 Å². The third-order valence-electron chi connectivity index (χ3n) is 0.994. The Kier molecular flexibility index (Phi) is 4.32. The Morgan fingerprint density at radius 3 is 2.50 bits per heavy atom. The first-order valence-corrected chi connectivity index (χ1v) is 2.99. The maximum atomic E-state index is 9.87. The van der Waals surface area contributed by atoms with Crippen molar-refractivity contribution in [2.45, 2.75) is 32.6 Å². The van der Waals surface area contributed by atoms with Gasteiger partial charge in [-0.3, -0.25) is 4.79 Å². The Bertz CT molecular complexity index is 68.9. The fourth-order valence-electron chi connectivity index (χ4n) is 0.526. The topological polar surface area (TPSA) is 37.3 Å². The molecule has 2 heteroatoms. The van der Waals surface area contributed by atoms with Gasteiger partial charge in [-0.25, -0.2) is 0 Å². The molecule has 0 spiro atoms. The number of carboxylic acid groups (broad SMARTS) is 1. The molecular weight excluding hydrogens is 103 g/mol. The van der Waals surface area contributed by atoms with Crippen LogP contribution in [0.15, 0.2) is 0 Å². The number of hydrogen-bond donors (Lipinski definition) is 1. The van der Waals surface area contributed by atoms with E-state index in [1.165, 1.54) is 0 Å². The molecule has 0 bridgehead atoms. The maximum absolute atomic E-state index is 9.87. The van der Waals surface area contributed by atoms with Crippen molar-refractivity contribution in [3.05, 3.63) is 0 Å². The molecule has 1 N–H and O–H groups in total. The highest BCUT2D eigenvalue weighted by Gasteiger charge is 1.92. The lowest BCUT2D eigenvalue weighted by molar-refractivity contribution is -0.137. The summed E-state index contributed by atoms with van der Waals surface area (Å²) in [5, 5.41) is 8.14. The Balaban J connectivity index is 2.82. The summed E-state index contributed by atoms with van der Waals surface area (Å²) in [4.78, 5) is 9.87. The van der Waals surface area contributed by atoms with Crippen LogP contribution in [0.2, 0.25) is 0 Å². The molecule has 0 saturated carbocycles. The number of carboxylic acids is 1. The van der Waals surface area contributed by atoms with Crippen LogP contribution in [0.4, 0.5) is 0 Å². The highest BCUT2D eigenvalue weighted by Crippen LogP contribution is 1.97. The first-order chi connectivity index (χ1) is 3.77. The van der Waals surface area contributed by atoms with Gasteiger partial charge in [0.15, 0.2) is 0 Å². The largest absolute Gasteiger partial charge is 0.481 e. The van der Waals surface area contributed by atoms with Gasteiger partial charge in [-0.05, 0) is 6.42 Å². The van der Waals surface area contributed by atoms with Gasteiger partial charge >= 0.3 is 5.97 Å². The van der Waals surface area contributed by atoms with Gasteiger partial charge in [0.1, 0.15) is 0 Å². The molecule has 0 aromatic heterocycles. The van der Waals surface area contributed by atoms with E-state index >= 15 is 0 Å². The quantitative estimate of drug-likeness (QED) is 0.565. The molecule has 0 atom stereocenters. The summed E-state index contributed by atoms with van der Waals surface area (Å²) in [7, 11) is 0. The van der Waals surface area contributed by atoms with Gasteiger partial charge in [0.05, 0.1) is 0 Å². The molecule has 0 aliphatic heterocycles. The zero-order chi connectivity index (χ0) is 6.41. The van der Waals surface area contributed by atoms with Crippen LogP contribution in [0.3, 0.4) is 0 Å². The summed E-state index contributed by atoms with van der Waals surface area (Å²) in [6.45, 7) is 2.06. The molecule has 0 heterocycles. The van der Waals surface area contributed by atoms with Crippen molar-refractivity contribution in [3.63, 3.8) is 0 Å². The van der Waals surface area contributed by atoms with E-state index in [1.54, 1.807) is 0 Å². The van der Waals surface area contributed by atoms with Gasteiger partial charge in [0.25, 0.3) is 0 Å². The van der Waals surface area contributed by atoms with Crippen molar-refractivity contribution in [2.24, 2.45) is 0 Å². The predicted molar refractivity (Wildman–Crippen MR) is 31.8 cm³/mol. The van der Waals surface area contributed by atoms with Crippen LogP contribution in [0, 0.1) is 0 Å². The normalized spacial score (nSPS) is 9.12.